The highest BCUT2D eigenvalue weighted by molar-refractivity contribution is 5.44. The molecule has 7 heteroatoms. The molecule has 0 saturated carbocycles. The van der Waals surface area contributed by atoms with Crippen LogP contribution in [0.5, 0.6) is 5.75 Å². The van der Waals surface area contributed by atoms with Crippen LogP contribution in [0, 0.1) is 6.92 Å². The number of anilines is 1. The molecule has 0 unspecified atom stereocenters. The van der Waals surface area contributed by atoms with Gasteiger partial charge in [0, 0.05) is 18.9 Å². The number of alkyl halides is 3. The van der Waals surface area contributed by atoms with Crippen LogP contribution in [-0.2, 0) is 0 Å². The molecule has 0 aliphatic heterocycles. The van der Waals surface area contributed by atoms with Crippen LogP contribution < -0.4 is 10.1 Å². The summed E-state index contributed by atoms with van der Waals surface area (Å²) in [6, 6.07) is 5.58. The Kier molecular flexibility index (Phi) is 3.37. The van der Waals surface area contributed by atoms with Crippen LogP contribution in [0.4, 0.5) is 19.1 Å². The van der Waals surface area contributed by atoms with E-state index in [1.165, 1.54) is 24.3 Å². The van der Waals surface area contributed by atoms with Gasteiger partial charge in [-0.05, 0) is 31.2 Å². The Labute approximate surface area is 107 Å². The molecule has 1 aromatic carbocycles. The van der Waals surface area contributed by atoms with Crippen molar-refractivity contribution in [3.8, 4) is 11.4 Å². The second-order valence-corrected chi connectivity index (χ2v) is 3.87. The van der Waals surface area contributed by atoms with Gasteiger partial charge in [0.2, 0.25) is 5.95 Å². The molecule has 0 aliphatic rings. The lowest BCUT2D eigenvalue weighted by Crippen LogP contribution is -2.17. The van der Waals surface area contributed by atoms with Crippen LogP contribution in [0.15, 0.2) is 30.5 Å². The van der Waals surface area contributed by atoms with Crippen LogP contribution >= 0.6 is 0 Å². The van der Waals surface area contributed by atoms with Crippen LogP contribution in [0.2, 0.25) is 0 Å². The lowest BCUT2D eigenvalue weighted by Gasteiger charge is -2.10. The molecular formula is C12H12F3N3O. The molecule has 0 bridgehead atoms. The van der Waals surface area contributed by atoms with Crippen molar-refractivity contribution in [3.63, 3.8) is 0 Å². The van der Waals surface area contributed by atoms with Gasteiger partial charge in [-0.15, -0.1) is 13.2 Å². The molecule has 2 aromatic rings. The van der Waals surface area contributed by atoms with Crippen molar-refractivity contribution in [2.45, 2.75) is 13.3 Å². The zero-order valence-corrected chi connectivity index (χ0v) is 10.3. The molecule has 0 fully saturated rings. The molecule has 19 heavy (non-hydrogen) atoms. The molecule has 0 amide bonds. The Hall–Kier alpha value is -2.18. The molecule has 0 spiro atoms. The zero-order valence-electron chi connectivity index (χ0n) is 10.3. The molecule has 1 heterocycles. The number of nitrogens with zero attached hydrogens (tertiary/aromatic N) is 2. The van der Waals surface area contributed by atoms with Gasteiger partial charge in [-0.3, -0.25) is 4.57 Å². The minimum atomic E-state index is -4.68. The van der Waals surface area contributed by atoms with Gasteiger partial charge in [-0.25, -0.2) is 4.98 Å². The maximum Gasteiger partial charge on any atom is 0.573 e. The van der Waals surface area contributed by atoms with Crippen LogP contribution in [0.25, 0.3) is 5.69 Å². The van der Waals surface area contributed by atoms with Crippen molar-refractivity contribution in [2.24, 2.45) is 0 Å². The first-order valence-electron chi connectivity index (χ1n) is 5.49. The second kappa shape index (κ2) is 4.83. The number of imidazole rings is 1. The summed E-state index contributed by atoms with van der Waals surface area (Å²) in [6.45, 7) is 1.83. The smallest absolute Gasteiger partial charge is 0.406 e. The third kappa shape index (κ3) is 3.18. The summed E-state index contributed by atoms with van der Waals surface area (Å²) in [5.41, 5.74) is 1.50. The van der Waals surface area contributed by atoms with Gasteiger partial charge < -0.3 is 10.1 Å². The Morgan fingerprint density at radius 2 is 1.84 bits per heavy atom. The summed E-state index contributed by atoms with van der Waals surface area (Å²) in [4.78, 5) is 4.23. The molecular weight excluding hydrogens is 259 g/mol. The third-order valence-corrected chi connectivity index (χ3v) is 2.40. The van der Waals surface area contributed by atoms with E-state index in [-0.39, 0.29) is 5.75 Å². The quantitative estimate of drug-likeness (QED) is 0.932. The van der Waals surface area contributed by atoms with Gasteiger partial charge in [-0.1, -0.05) is 0 Å². The first kappa shape index (κ1) is 13.3. The fourth-order valence-electron chi connectivity index (χ4n) is 1.68. The lowest BCUT2D eigenvalue weighted by molar-refractivity contribution is -0.274. The third-order valence-electron chi connectivity index (χ3n) is 2.40. The molecule has 4 nitrogen and oxygen atoms in total. The highest BCUT2D eigenvalue weighted by Crippen LogP contribution is 2.24. The second-order valence-electron chi connectivity index (χ2n) is 3.87. The summed E-state index contributed by atoms with van der Waals surface area (Å²) < 4.78 is 41.7. The summed E-state index contributed by atoms with van der Waals surface area (Å²) in [6.07, 6.45) is -2.89. The van der Waals surface area contributed by atoms with Gasteiger partial charge >= 0.3 is 6.36 Å². The molecule has 0 saturated heterocycles. The monoisotopic (exact) mass is 271 g/mol. The van der Waals surface area contributed by atoms with E-state index in [0.717, 1.165) is 5.69 Å². The van der Waals surface area contributed by atoms with Gasteiger partial charge in [-0.2, -0.15) is 0 Å². The molecule has 102 valence electrons. The molecule has 0 aliphatic carbocycles. The highest BCUT2D eigenvalue weighted by Gasteiger charge is 2.30. The number of aromatic nitrogens is 2. The number of hydrogen-bond donors (Lipinski definition) is 1. The van der Waals surface area contributed by atoms with Crippen LogP contribution in [-0.4, -0.2) is 23.0 Å². The van der Waals surface area contributed by atoms with Crippen molar-refractivity contribution < 1.29 is 17.9 Å². The van der Waals surface area contributed by atoms with E-state index in [9.17, 15) is 13.2 Å². The summed E-state index contributed by atoms with van der Waals surface area (Å²) in [7, 11) is 1.72. The Morgan fingerprint density at radius 1 is 1.21 bits per heavy atom. The first-order chi connectivity index (χ1) is 8.89. The zero-order chi connectivity index (χ0) is 14.0. The molecule has 0 radical (unpaired) electrons. The fourth-order valence-corrected chi connectivity index (χ4v) is 1.68. The Bertz CT molecular complexity index is 561. The first-order valence-corrected chi connectivity index (χ1v) is 5.49. The van der Waals surface area contributed by atoms with Crippen molar-refractivity contribution in [1.29, 1.82) is 0 Å². The highest BCUT2D eigenvalue weighted by atomic mass is 19.4. The van der Waals surface area contributed by atoms with E-state index in [2.05, 4.69) is 15.0 Å². The number of hydrogen-bond acceptors (Lipinski definition) is 3. The maximum atomic E-state index is 12.0. The lowest BCUT2D eigenvalue weighted by atomic mass is 10.3. The minimum Gasteiger partial charge on any atom is -0.406 e. The predicted octanol–water partition coefficient (Wildman–Crippen LogP) is 3.12. The Balaban J connectivity index is 2.27. The molecule has 1 aromatic heterocycles. The fraction of sp³-hybridized carbons (Fsp3) is 0.250. The summed E-state index contributed by atoms with van der Waals surface area (Å²) in [5.74, 6) is 0.362. The number of rotatable bonds is 3. The predicted molar refractivity (Wildman–Crippen MR) is 64.5 cm³/mol. The van der Waals surface area contributed by atoms with Gasteiger partial charge in [0.25, 0.3) is 0 Å². The van der Waals surface area contributed by atoms with Crippen LogP contribution in [0.1, 0.15) is 5.69 Å². The number of aryl methyl sites for hydroxylation is 1. The van der Waals surface area contributed by atoms with E-state index in [1.54, 1.807) is 17.8 Å². The van der Waals surface area contributed by atoms with E-state index in [0.29, 0.717) is 11.6 Å². The average Bonchev–Trinajstić information content (AvgIpc) is 2.69. The molecule has 1 N–H and O–H groups in total. The number of halogens is 3. The normalized spacial score (nSPS) is 11.4. The van der Waals surface area contributed by atoms with E-state index in [4.69, 9.17) is 0 Å². The standard InChI is InChI=1S/C12H12F3N3O/c1-8-7-18(11(16-2)17-8)9-3-5-10(6-4-9)19-12(13,14)15/h3-7H,1-2H3,(H,16,17). The van der Waals surface area contributed by atoms with E-state index >= 15 is 0 Å². The van der Waals surface area contributed by atoms with E-state index < -0.39 is 6.36 Å². The largest absolute Gasteiger partial charge is 0.573 e. The topological polar surface area (TPSA) is 39.1 Å². The Morgan fingerprint density at radius 3 is 2.37 bits per heavy atom. The van der Waals surface area contributed by atoms with Crippen LogP contribution in [0.3, 0.4) is 0 Å². The van der Waals surface area contributed by atoms with E-state index in [1.807, 2.05) is 6.92 Å². The van der Waals surface area contributed by atoms with Crippen molar-refractivity contribution in [3.05, 3.63) is 36.2 Å². The maximum absolute atomic E-state index is 12.0. The molecule has 2 rings (SSSR count). The molecule has 0 atom stereocenters. The van der Waals surface area contributed by atoms with Crippen molar-refractivity contribution in [1.82, 2.24) is 9.55 Å². The average molecular weight is 271 g/mol. The SMILES string of the molecule is CNc1nc(C)cn1-c1ccc(OC(F)(F)F)cc1. The summed E-state index contributed by atoms with van der Waals surface area (Å²) >= 11 is 0. The van der Waals surface area contributed by atoms with Crippen molar-refractivity contribution >= 4 is 5.95 Å². The minimum absolute atomic E-state index is 0.251. The van der Waals surface area contributed by atoms with Crippen molar-refractivity contribution in [2.75, 3.05) is 12.4 Å². The number of nitrogens with one attached hydrogen (secondary N) is 1. The summed E-state index contributed by atoms with van der Waals surface area (Å²) in [5, 5.41) is 2.91. The van der Waals surface area contributed by atoms with Gasteiger partial charge in [0.15, 0.2) is 0 Å². The number of ether oxygens (including phenoxy) is 1. The van der Waals surface area contributed by atoms with Gasteiger partial charge in [0.05, 0.1) is 5.69 Å². The number of benzene rings is 1. The van der Waals surface area contributed by atoms with Gasteiger partial charge in [0.1, 0.15) is 5.75 Å².